The van der Waals surface area contributed by atoms with Crippen LogP contribution in [-0.4, -0.2) is 22.4 Å². The minimum atomic E-state index is -0.167. The maximum absolute atomic E-state index is 12.2. The van der Waals surface area contributed by atoms with Crippen LogP contribution in [0.1, 0.15) is 53.7 Å². The van der Waals surface area contributed by atoms with E-state index < -0.39 is 0 Å². The molecule has 0 spiro atoms. The maximum Gasteiger partial charge on any atom is 0.271 e. The molecule has 1 amide bonds. The fourth-order valence-corrected chi connectivity index (χ4v) is 3.11. The summed E-state index contributed by atoms with van der Waals surface area (Å²) in [6.07, 6.45) is 11.3. The lowest BCUT2D eigenvalue weighted by Gasteiger charge is -2.12. The molecule has 26 heavy (non-hydrogen) atoms. The lowest BCUT2D eigenvalue weighted by molar-refractivity contribution is 0.0948. The molecule has 136 valence electrons. The molecule has 0 radical (unpaired) electrons. The summed E-state index contributed by atoms with van der Waals surface area (Å²) in [5.74, 6) is 0.495. The molecule has 3 rings (SSSR count). The first-order valence-electron chi connectivity index (χ1n) is 9.28. The molecule has 0 aliphatic heterocycles. The third kappa shape index (κ3) is 5.41. The number of carbonyl (C=O) groups is 1. The van der Waals surface area contributed by atoms with Crippen molar-refractivity contribution < 1.29 is 4.79 Å². The van der Waals surface area contributed by atoms with Gasteiger partial charge in [-0.25, -0.2) is 9.97 Å². The summed E-state index contributed by atoms with van der Waals surface area (Å²) in [6, 6.07) is 8.30. The molecule has 1 heterocycles. The summed E-state index contributed by atoms with van der Waals surface area (Å²) in [6.45, 7) is 3.40. The van der Waals surface area contributed by atoms with Gasteiger partial charge in [-0.1, -0.05) is 41.5 Å². The number of aromatic nitrogens is 2. The van der Waals surface area contributed by atoms with Crippen molar-refractivity contribution in [2.45, 2.75) is 45.6 Å². The van der Waals surface area contributed by atoms with Crippen molar-refractivity contribution in [2.75, 3.05) is 11.9 Å². The van der Waals surface area contributed by atoms with Crippen LogP contribution < -0.4 is 10.6 Å². The van der Waals surface area contributed by atoms with Crippen molar-refractivity contribution in [3.8, 4) is 0 Å². The number of anilines is 1. The number of rotatable bonds is 7. The maximum atomic E-state index is 12.2. The van der Waals surface area contributed by atoms with Gasteiger partial charge < -0.3 is 10.6 Å². The largest absolute Gasteiger partial charge is 0.365 e. The molecular weight excluding hydrogens is 324 g/mol. The molecule has 1 aliphatic carbocycles. The molecule has 0 saturated carbocycles. The zero-order valence-corrected chi connectivity index (χ0v) is 15.3. The van der Waals surface area contributed by atoms with Crippen LogP contribution >= 0.6 is 0 Å². The minimum absolute atomic E-state index is 0.167. The third-order valence-corrected chi connectivity index (χ3v) is 4.56. The Morgan fingerprint density at radius 1 is 1.19 bits per heavy atom. The molecule has 5 nitrogen and oxygen atoms in total. The highest BCUT2D eigenvalue weighted by molar-refractivity contribution is 5.91. The van der Waals surface area contributed by atoms with Crippen LogP contribution in [0.25, 0.3) is 0 Å². The van der Waals surface area contributed by atoms with E-state index in [1.165, 1.54) is 42.2 Å². The van der Waals surface area contributed by atoms with Gasteiger partial charge in [-0.2, -0.15) is 0 Å². The number of amides is 1. The van der Waals surface area contributed by atoms with E-state index in [4.69, 9.17) is 0 Å². The molecule has 0 saturated heterocycles. The monoisotopic (exact) mass is 350 g/mol. The second kappa shape index (κ2) is 9.13. The van der Waals surface area contributed by atoms with Gasteiger partial charge in [0.1, 0.15) is 11.5 Å². The number of carbonyl (C=O) groups excluding carboxylic acids is 1. The van der Waals surface area contributed by atoms with Gasteiger partial charge in [0.05, 0.1) is 12.4 Å². The number of hydrogen-bond acceptors (Lipinski definition) is 4. The Morgan fingerprint density at radius 2 is 2.12 bits per heavy atom. The van der Waals surface area contributed by atoms with E-state index in [1.807, 2.05) is 6.07 Å². The molecule has 1 aromatic carbocycles. The van der Waals surface area contributed by atoms with Gasteiger partial charge in [-0.15, -0.1) is 0 Å². The smallest absolute Gasteiger partial charge is 0.271 e. The van der Waals surface area contributed by atoms with Crippen molar-refractivity contribution in [3.63, 3.8) is 0 Å². The third-order valence-electron chi connectivity index (χ3n) is 4.56. The second-order valence-electron chi connectivity index (χ2n) is 6.74. The molecule has 0 fully saturated rings. The van der Waals surface area contributed by atoms with Gasteiger partial charge in [0, 0.05) is 13.1 Å². The standard InChI is InChI=1S/C21H26N4O/c1-16-6-5-9-18(12-16)13-24-20-15-23-19(14-25-20)21(26)22-11-10-17-7-3-2-4-8-17/h5-7,9,12,14-15H,2-4,8,10-11,13H2,1H3,(H,22,26)(H,24,25). The van der Waals surface area contributed by atoms with Gasteiger partial charge in [0.15, 0.2) is 0 Å². The summed E-state index contributed by atoms with van der Waals surface area (Å²) in [5, 5.41) is 6.15. The highest BCUT2D eigenvalue weighted by atomic mass is 16.1. The fourth-order valence-electron chi connectivity index (χ4n) is 3.11. The van der Waals surface area contributed by atoms with Crippen molar-refractivity contribution >= 4 is 11.7 Å². The lowest BCUT2D eigenvalue weighted by atomic mass is 9.97. The van der Waals surface area contributed by atoms with Gasteiger partial charge in [0.2, 0.25) is 0 Å². The van der Waals surface area contributed by atoms with Crippen LogP contribution in [0, 0.1) is 6.92 Å². The van der Waals surface area contributed by atoms with Crippen molar-refractivity contribution in [2.24, 2.45) is 0 Å². The SMILES string of the molecule is Cc1cccc(CNc2cnc(C(=O)NCCC3=CCCCC3)cn2)c1. The van der Waals surface area contributed by atoms with Crippen molar-refractivity contribution in [1.82, 2.24) is 15.3 Å². The molecule has 0 bridgehead atoms. The normalized spacial score (nSPS) is 13.8. The van der Waals surface area contributed by atoms with Crippen molar-refractivity contribution in [3.05, 3.63) is 65.1 Å². The van der Waals surface area contributed by atoms with E-state index in [1.54, 1.807) is 6.20 Å². The highest BCUT2D eigenvalue weighted by Gasteiger charge is 2.09. The Kier molecular flexibility index (Phi) is 6.36. The van der Waals surface area contributed by atoms with Gasteiger partial charge in [-0.05, 0) is 44.6 Å². The second-order valence-corrected chi connectivity index (χ2v) is 6.74. The van der Waals surface area contributed by atoms with Crippen LogP contribution in [0.5, 0.6) is 0 Å². The minimum Gasteiger partial charge on any atom is -0.365 e. The van der Waals surface area contributed by atoms with Gasteiger partial charge in [0.25, 0.3) is 5.91 Å². The molecule has 1 aromatic heterocycles. The molecule has 5 heteroatoms. The topological polar surface area (TPSA) is 66.9 Å². The highest BCUT2D eigenvalue weighted by Crippen LogP contribution is 2.19. The summed E-state index contributed by atoms with van der Waals surface area (Å²) < 4.78 is 0. The molecule has 2 N–H and O–H groups in total. The van der Waals surface area contributed by atoms with Crippen LogP contribution in [-0.2, 0) is 6.54 Å². The fraction of sp³-hybridized carbons (Fsp3) is 0.381. The van der Waals surface area contributed by atoms with E-state index in [0.29, 0.717) is 24.6 Å². The average Bonchev–Trinajstić information content (AvgIpc) is 2.68. The first-order valence-corrected chi connectivity index (χ1v) is 9.28. The van der Waals surface area contributed by atoms with Gasteiger partial charge in [-0.3, -0.25) is 4.79 Å². The van der Waals surface area contributed by atoms with E-state index in [-0.39, 0.29) is 5.91 Å². The van der Waals surface area contributed by atoms with E-state index in [9.17, 15) is 4.79 Å². The Balaban J connectivity index is 1.45. The Bertz CT molecular complexity index is 768. The lowest BCUT2D eigenvalue weighted by Crippen LogP contribution is -2.26. The number of allylic oxidation sites excluding steroid dienone is 1. The zero-order chi connectivity index (χ0) is 18.2. The van der Waals surface area contributed by atoms with Gasteiger partial charge >= 0.3 is 0 Å². The van der Waals surface area contributed by atoms with Crippen molar-refractivity contribution in [1.29, 1.82) is 0 Å². The predicted octanol–water partition coefficient (Wildman–Crippen LogP) is 4.02. The van der Waals surface area contributed by atoms with Crippen LogP contribution in [0.3, 0.4) is 0 Å². The van der Waals surface area contributed by atoms with Crippen LogP contribution in [0.4, 0.5) is 5.82 Å². The zero-order valence-electron chi connectivity index (χ0n) is 15.3. The average molecular weight is 350 g/mol. The molecule has 2 aromatic rings. The summed E-state index contributed by atoms with van der Waals surface area (Å²) in [7, 11) is 0. The predicted molar refractivity (Wildman–Crippen MR) is 104 cm³/mol. The Hall–Kier alpha value is -2.69. The first-order chi connectivity index (χ1) is 12.7. The number of nitrogens with zero attached hydrogens (tertiary/aromatic N) is 2. The summed E-state index contributed by atoms with van der Waals surface area (Å²) in [4.78, 5) is 20.7. The Labute approximate surface area is 155 Å². The quantitative estimate of drug-likeness (QED) is 0.740. The number of hydrogen-bond donors (Lipinski definition) is 2. The molecule has 1 aliphatic rings. The molecule has 0 unspecified atom stereocenters. The first kappa shape index (κ1) is 18.1. The summed E-state index contributed by atoms with van der Waals surface area (Å²) >= 11 is 0. The van der Waals surface area contributed by atoms with Crippen LogP contribution in [0.15, 0.2) is 48.3 Å². The Morgan fingerprint density at radius 3 is 2.85 bits per heavy atom. The molecular formula is C21H26N4O. The summed E-state index contributed by atoms with van der Waals surface area (Å²) in [5.41, 5.74) is 4.22. The number of benzene rings is 1. The molecule has 0 atom stereocenters. The van der Waals surface area contributed by atoms with Crippen LogP contribution in [0.2, 0.25) is 0 Å². The number of aryl methyl sites for hydroxylation is 1. The van der Waals surface area contributed by atoms with E-state index >= 15 is 0 Å². The van der Waals surface area contributed by atoms with E-state index in [2.05, 4.69) is 51.8 Å². The number of nitrogens with one attached hydrogen (secondary N) is 2. The van der Waals surface area contributed by atoms with E-state index in [0.717, 1.165) is 12.8 Å².